The van der Waals surface area contributed by atoms with Crippen molar-refractivity contribution in [2.75, 3.05) is 12.3 Å². The molecule has 0 aliphatic carbocycles. The van der Waals surface area contributed by atoms with Crippen molar-refractivity contribution < 1.29 is 4.79 Å². The Hall–Kier alpha value is -1.20. The van der Waals surface area contributed by atoms with Crippen LogP contribution in [0.1, 0.15) is 13.8 Å². The Morgan fingerprint density at radius 1 is 1.50 bits per heavy atom. The molecular formula is C14H18ClN3OS. The third-order valence-corrected chi connectivity index (χ3v) is 4.11. The van der Waals surface area contributed by atoms with Crippen molar-refractivity contribution in [1.29, 1.82) is 0 Å². The quantitative estimate of drug-likeness (QED) is 0.863. The fourth-order valence-electron chi connectivity index (χ4n) is 1.78. The maximum absolute atomic E-state index is 11.7. The van der Waals surface area contributed by atoms with E-state index < -0.39 is 0 Å². The first kappa shape index (κ1) is 15.2. The van der Waals surface area contributed by atoms with E-state index in [1.54, 1.807) is 0 Å². The van der Waals surface area contributed by atoms with Gasteiger partial charge in [-0.05, 0) is 24.1 Å². The van der Waals surface area contributed by atoms with Gasteiger partial charge in [-0.2, -0.15) is 0 Å². The lowest BCUT2D eigenvalue weighted by Gasteiger charge is -2.07. The van der Waals surface area contributed by atoms with E-state index in [0.717, 1.165) is 16.2 Å². The number of nitrogens with zero attached hydrogens (tertiary/aromatic N) is 2. The highest BCUT2D eigenvalue weighted by Crippen LogP contribution is 2.24. The van der Waals surface area contributed by atoms with Crippen LogP contribution in [-0.2, 0) is 11.8 Å². The predicted octanol–water partition coefficient (Wildman–Crippen LogP) is 3.09. The van der Waals surface area contributed by atoms with Gasteiger partial charge in [0.05, 0.1) is 16.8 Å². The minimum Gasteiger partial charge on any atom is -0.355 e. The summed E-state index contributed by atoms with van der Waals surface area (Å²) >= 11 is 7.39. The van der Waals surface area contributed by atoms with E-state index in [1.165, 1.54) is 11.8 Å². The molecule has 20 heavy (non-hydrogen) atoms. The first-order valence-electron chi connectivity index (χ1n) is 6.49. The second-order valence-electron chi connectivity index (χ2n) is 5.07. The minimum atomic E-state index is 0.0359. The van der Waals surface area contributed by atoms with Crippen molar-refractivity contribution in [2.24, 2.45) is 13.0 Å². The summed E-state index contributed by atoms with van der Waals surface area (Å²) < 4.78 is 1.98. The molecular weight excluding hydrogens is 294 g/mol. The lowest BCUT2D eigenvalue weighted by atomic mass is 10.2. The zero-order valence-electron chi connectivity index (χ0n) is 11.8. The number of hydrogen-bond acceptors (Lipinski definition) is 3. The molecule has 4 nitrogen and oxygen atoms in total. The van der Waals surface area contributed by atoms with E-state index in [0.29, 0.717) is 23.2 Å². The van der Waals surface area contributed by atoms with Crippen molar-refractivity contribution in [2.45, 2.75) is 19.0 Å². The average Bonchev–Trinajstić information content (AvgIpc) is 2.70. The smallest absolute Gasteiger partial charge is 0.230 e. The minimum absolute atomic E-state index is 0.0359. The third-order valence-electron chi connectivity index (χ3n) is 2.84. The molecule has 0 saturated heterocycles. The lowest BCUT2D eigenvalue weighted by Crippen LogP contribution is -2.28. The van der Waals surface area contributed by atoms with Gasteiger partial charge in [-0.3, -0.25) is 4.79 Å². The van der Waals surface area contributed by atoms with Crippen LogP contribution in [0.5, 0.6) is 0 Å². The van der Waals surface area contributed by atoms with Crippen LogP contribution in [0.25, 0.3) is 11.0 Å². The summed E-state index contributed by atoms with van der Waals surface area (Å²) in [7, 11) is 1.94. The number of amides is 1. The van der Waals surface area contributed by atoms with E-state index in [-0.39, 0.29) is 5.91 Å². The number of halogens is 1. The van der Waals surface area contributed by atoms with Crippen LogP contribution in [0.2, 0.25) is 5.02 Å². The molecule has 1 amide bonds. The van der Waals surface area contributed by atoms with Crippen molar-refractivity contribution >= 4 is 40.3 Å². The van der Waals surface area contributed by atoms with Gasteiger partial charge in [0, 0.05) is 18.6 Å². The highest BCUT2D eigenvalue weighted by atomic mass is 35.5. The van der Waals surface area contributed by atoms with Crippen molar-refractivity contribution in [3.63, 3.8) is 0 Å². The number of rotatable bonds is 5. The monoisotopic (exact) mass is 311 g/mol. The molecule has 0 bridgehead atoms. The summed E-state index contributed by atoms with van der Waals surface area (Å²) in [6.07, 6.45) is 0. The maximum atomic E-state index is 11.7. The third kappa shape index (κ3) is 3.67. The molecule has 2 aromatic rings. The SMILES string of the molecule is CC(C)CNC(=O)CSc1nc2cc(Cl)ccc2n1C. The number of fused-ring (bicyclic) bond motifs is 1. The topological polar surface area (TPSA) is 46.9 Å². The summed E-state index contributed by atoms with van der Waals surface area (Å²) in [6, 6.07) is 5.61. The highest BCUT2D eigenvalue weighted by molar-refractivity contribution is 7.99. The number of carbonyl (C=O) groups excluding carboxylic acids is 1. The molecule has 0 unspecified atom stereocenters. The molecule has 0 aliphatic heterocycles. The lowest BCUT2D eigenvalue weighted by molar-refractivity contribution is -0.118. The molecule has 0 atom stereocenters. The fourth-order valence-corrected chi connectivity index (χ4v) is 2.76. The molecule has 0 aliphatic rings. The van der Waals surface area contributed by atoms with Gasteiger partial charge in [0.15, 0.2) is 5.16 Å². The van der Waals surface area contributed by atoms with Gasteiger partial charge in [0.1, 0.15) is 0 Å². The van der Waals surface area contributed by atoms with E-state index in [9.17, 15) is 4.79 Å². The van der Waals surface area contributed by atoms with Crippen LogP contribution < -0.4 is 5.32 Å². The molecule has 2 rings (SSSR count). The van der Waals surface area contributed by atoms with E-state index >= 15 is 0 Å². The van der Waals surface area contributed by atoms with Crippen molar-refractivity contribution in [3.05, 3.63) is 23.2 Å². The van der Waals surface area contributed by atoms with Gasteiger partial charge in [-0.15, -0.1) is 0 Å². The molecule has 0 spiro atoms. The van der Waals surface area contributed by atoms with E-state index in [1.807, 2.05) is 29.8 Å². The Morgan fingerprint density at radius 2 is 2.25 bits per heavy atom. The first-order chi connectivity index (χ1) is 9.47. The van der Waals surface area contributed by atoms with Gasteiger partial charge in [-0.1, -0.05) is 37.2 Å². The molecule has 1 aromatic heterocycles. The second kappa shape index (κ2) is 6.50. The number of aryl methyl sites for hydroxylation is 1. The number of thioether (sulfide) groups is 1. The molecule has 0 radical (unpaired) electrons. The number of benzene rings is 1. The largest absolute Gasteiger partial charge is 0.355 e. The number of carbonyl (C=O) groups is 1. The zero-order chi connectivity index (χ0) is 14.7. The fraction of sp³-hybridized carbons (Fsp3) is 0.429. The summed E-state index contributed by atoms with van der Waals surface area (Å²) in [5.74, 6) is 0.869. The summed E-state index contributed by atoms with van der Waals surface area (Å²) in [6.45, 7) is 4.85. The number of imidazole rings is 1. The second-order valence-corrected chi connectivity index (χ2v) is 6.45. The van der Waals surface area contributed by atoms with Crippen LogP contribution in [0.15, 0.2) is 23.4 Å². The standard InChI is InChI=1S/C14H18ClN3OS/c1-9(2)7-16-13(19)8-20-14-17-11-6-10(15)4-5-12(11)18(14)3/h4-6,9H,7-8H2,1-3H3,(H,16,19). The van der Waals surface area contributed by atoms with Crippen molar-refractivity contribution in [3.8, 4) is 0 Å². The normalized spacial score (nSPS) is 11.2. The van der Waals surface area contributed by atoms with E-state index in [2.05, 4.69) is 24.1 Å². The Labute approximate surface area is 127 Å². The van der Waals surface area contributed by atoms with Gasteiger partial charge >= 0.3 is 0 Å². The molecule has 6 heteroatoms. The molecule has 1 heterocycles. The van der Waals surface area contributed by atoms with Crippen LogP contribution in [0.3, 0.4) is 0 Å². The predicted molar refractivity (Wildman–Crippen MR) is 84.3 cm³/mol. The number of hydrogen-bond donors (Lipinski definition) is 1. The Kier molecular flexibility index (Phi) is 4.94. The Morgan fingerprint density at radius 3 is 2.95 bits per heavy atom. The van der Waals surface area contributed by atoms with Crippen LogP contribution in [-0.4, -0.2) is 27.8 Å². The van der Waals surface area contributed by atoms with Gasteiger partial charge in [0.25, 0.3) is 0 Å². The summed E-state index contributed by atoms with van der Waals surface area (Å²) in [5, 5.41) is 4.39. The molecule has 108 valence electrons. The molecule has 0 fully saturated rings. The maximum Gasteiger partial charge on any atom is 0.230 e. The van der Waals surface area contributed by atoms with Crippen molar-refractivity contribution in [1.82, 2.24) is 14.9 Å². The molecule has 1 aromatic carbocycles. The van der Waals surface area contributed by atoms with Gasteiger partial charge in [-0.25, -0.2) is 4.98 Å². The summed E-state index contributed by atoms with van der Waals surface area (Å²) in [5.41, 5.74) is 1.87. The highest BCUT2D eigenvalue weighted by Gasteiger charge is 2.11. The number of nitrogens with one attached hydrogen (secondary N) is 1. The Balaban J connectivity index is 2.03. The molecule has 1 N–H and O–H groups in total. The molecule has 0 saturated carbocycles. The Bertz CT molecular complexity index is 624. The average molecular weight is 312 g/mol. The van der Waals surface area contributed by atoms with E-state index in [4.69, 9.17) is 11.6 Å². The number of aromatic nitrogens is 2. The zero-order valence-corrected chi connectivity index (χ0v) is 13.4. The van der Waals surface area contributed by atoms with Crippen LogP contribution in [0, 0.1) is 5.92 Å². The van der Waals surface area contributed by atoms with Crippen LogP contribution in [0.4, 0.5) is 0 Å². The van der Waals surface area contributed by atoms with Gasteiger partial charge < -0.3 is 9.88 Å². The first-order valence-corrected chi connectivity index (χ1v) is 7.85. The van der Waals surface area contributed by atoms with Gasteiger partial charge in [0.2, 0.25) is 5.91 Å². The summed E-state index contributed by atoms with van der Waals surface area (Å²) in [4.78, 5) is 16.2. The van der Waals surface area contributed by atoms with Crippen LogP contribution >= 0.6 is 23.4 Å².